The van der Waals surface area contributed by atoms with E-state index in [1.54, 1.807) is 11.3 Å². The van der Waals surface area contributed by atoms with Crippen molar-refractivity contribution in [3.8, 4) is 0 Å². The molecule has 0 atom stereocenters. The topological polar surface area (TPSA) is 67.3 Å². The molecule has 0 spiro atoms. The van der Waals surface area contributed by atoms with Crippen molar-refractivity contribution in [2.24, 2.45) is 0 Å². The number of hydrogen-bond donors (Lipinski definition) is 1. The maximum atomic E-state index is 6.04. The first kappa shape index (κ1) is 10.0. The van der Waals surface area contributed by atoms with Crippen LogP contribution in [0.5, 0.6) is 0 Å². The molecule has 1 aromatic carbocycles. The van der Waals surface area contributed by atoms with E-state index in [9.17, 15) is 0 Å². The molecule has 0 unspecified atom stereocenters. The van der Waals surface area contributed by atoms with E-state index in [1.807, 2.05) is 18.2 Å². The fourth-order valence-electron chi connectivity index (χ4n) is 1.21. The maximum Gasteiger partial charge on any atom is 0.213 e. The van der Waals surface area contributed by atoms with E-state index in [0.717, 1.165) is 14.6 Å². The summed E-state index contributed by atoms with van der Waals surface area (Å²) in [4.78, 5) is 4.42. The van der Waals surface area contributed by atoms with Crippen LogP contribution in [-0.2, 0) is 0 Å². The predicted octanol–water partition coefficient (Wildman–Crippen LogP) is 2.61. The van der Waals surface area contributed by atoms with Gasteiger partial charge in [-0.25, -0.2) is 10.1 Å². The van der Waals surface area contributed by atoms with E-state index in [1.165, 1.54) is 11.8 Å². The third-order valence-electron chi connectivity index (χ3n) is 1.86. The molecule has 0 aliphatic carbocycles. The van der Waals surface area contributed by atoms with Crippen LogP contribution in [0.25, 0.3) is 10.2 Å². The minimum absolute atomic E-state index is 0.621. The summed E-state index contributed by atoms with van der Waals surface area (Å²) in [6, 6.07) is 5.73. The van der Waals surface area contributed by atoms with Gasteiger partial charge in [0.2, 0.25) is 5.16 Å². The molecule has 0 amide bonds. The molecule has 0 saturated heterocycles. The smallest absolute Gasteiger partial charge is 0.213 e. The fraction of sp³-hybridized carbons (Fsp3) is 0. The molecule has 0 aliphatic heterocycles. The SMILES string of the molecule is Clc1cccc2sc(Sc3nnn[nH]3)nc12. The molecule has 8 heteroatoms. The Morgan fingerprint density at radius 3 is 3.06 bits per heavy atom. The van der Waals surface area contributed by atoms with Crippen LogP contribution in [0.1, 0.15) is 0 Å². The van der Waals surface area contributed by atoms with Crippen molar-refractivity contribution in [3.05, 3.63) is 23.2 Å². The first-order valence-corrected chi connectivity index (χ1v) is 6.30. The molecule has 0 saturated carbocycles. The lowest BCUT2D eigenvalue weighted by Crippen LogP contribution is -1.75. The number of fused-ring (bicyclic) bond motifs is 1. The molecule has 2 heterocycles. The first-order valence-electron chi connectivity index (χ1n) is 4.29. The van der Waals surface area contributed by atoms with Gasteiger partial charge in [0.15, 0.2) is 4.34 Å². The van der Waals surface area contributed by atoms with Gasteiger partial charge in [0, 0.05) is 0 Å². The quantitative estimate of drug-likeness (QED) is 0.775. The van der Waals surface area contributed by atoms with Gasteiger partial charge < -0.3 is 0 Å². The van der Waals surface area contributed by atoms with E-state index in [0.29, 0.717) is 10.2 Å². The van der Waals surface area contributed by atoms with Crippen molar-refractivity contribution < 1.29 is 0 Å². The average Bonchev–Trinajstić information content (AvgIpc) is 2.88. The standard InChI is InChI=1S/C8H4ClN5S2/c9-4-2-1-3-5-6(4)10-8(15-5)16-7-11-13-14-12-7/h1-3H,(H,11,12,13,14). The van der Waals surface area contributed by atoms with Gasteiger partial charge in [-0.15, -0.1) is 16.4 Å². The number of rotatable bonds is 2. The van der Waals surface area contributed by atoms with E-state index in [4.69, 9.17) is 11.6 Å². The number of hydrogen-bond acceptors (Lipinski definition) is 6. The second-order valence-electron chi connectivity index (χ2n) is 2.87. The van der Waals surface area contributed by atoms with Crippen molar-refractivity contribution >= 4 is 44.9 Å². The largest absolute Gasteiger partial charge is 0.233 e. The number of nitrogens with zero attached hydrogens (tertiary/aromatic N) is 4. The Balaban J connectivity index is 2.02. The molecule has 0 fully saturated rings. The van der Waals surface area contributed by atoms with Crippen LogP contribution in [-0.4, -0.2) is 25.6 Å². The summed E-state index contributed by atoms with van der Waals surface area (Å²) < 4.78 is 1.92. The second-order valence-corrected chi connectivity index (χ2v) is 5.55. The highest BCUT2D eigenvalue weighted by molar-refractivity contribution is 8.01. The number of H-pyrrole nitrogens is 1. The molecule has 1 N–H and O–H groups in total. The zero-order valence-corrected chi connectivity index (χ0v) is 10.1. The van der Waals surface area contributed by atoms with Crippen LogP contribution in [0.15, 0.2) is 27.7 Å². The fourth-order valence-corrected chi connectivity index (χ4v) is 3.35. The third-order valence-corrected chi connectivity index (χ3v) is 4.11. The van der Waals surface area contributed by atoms with Crippen LogP contribution >= 0.6 is 34.7 Å². The van der Waals surface area contributed by atoms with E-state index >= 15 is 0 Å². The van der Waals surface area contributed by atoms with Crippen molar-refractivity contribution in [1.29, 1.82) is 0 Å². The first-order chi connectivity index (χ1) is 7.83. The number of aromatic amines is 1. The minimum atomic E-state index is 0.621. The van der Waals surface area contributed by atoms with Crippen LogP contribution < -0.4 is 0 Å². The number of nitrogens with one attached hydrogen (secondary N) is 1. The Labute approximate surface area is 103 Å². The zero-order chi connectivity index (χ0) is 11.0. The second kappa shape index (κ2) is 4.00. The predicted molar refractivity (Wildman–Crippen MR) is 62.9 cm³/mol. The highest BCUT2D eigenvalue weighted by Gasteiger charge is 2.09. The van der Waals surface area contributed by atoms with Crippen molar-refractivity contribution in [3.63, 3.8) is 0 Å². The molecule has 80 valence electrons. The van der Waals surface area contributed by atoms with Gasteiger partial charge in [0.25, 0.3) is 0 Å². The normalized spacial score (nSPS) is 11.1. The number of benzene rings is 1. The van der Waals surface area contributed by atoms with Crippen LogP contribution in [0, 0.1) is 0 Å². The zero-order valence-electron chi connectivity index (χ0n) is 7.72. The molecular weight excluding hydrogens is 266 g/mol. The summed E-state index contributed by atoms with van der Waals surface area (Å²) in [5, 5.41) is 14.7. The van der Waals surface area contributed by atoms with Gasteiger partial charge in [-0.2, -0.15) is 0 Å². The maximum absolute atomic E-state index is 6.04. The number of thiazole rings is 1. The summed E-state index contributed by atoms with van der Waals surface area (Å²) in [5.41, 5.74) is 0.823. The van der Waals surface area contributed by atoms with E-state index < -0.39 is 0 Å². The Hall–Kier alpha value is -1.18. The summed E-state index contributed by atoms with van der Waals surface area (Å²) in [6.45, 7) is 0. The molecule has 5 nitrogen and oxygen atoms in total. The molecule has 3 aromatic rings. The van der Waals surface area contributed by atoms with Gasteiger partial charge in [0.05, 0.1) is 9.72 Å². The number of para-hydroxylation sites is 1. The van der Waals surface area contributed by atoms with Crippen molar-refractivity contribution in [2.45, 2.75) is 9.50 Å². The molecule has 0 radical (unpaired) electrons. The monoisotopic (exact) mass is 269 g/mol. The molecule has 0 aliphatic rings. The number of aromatic nitrogens is 5. The lowest BCUT2D eigenvalue weighted by molar-refractivity contribution is 0.881. The Bertz CT molecular complexity index is 620. The molecule has 3 rings (SSSR count). The summed E-state index contributed by atoms with van der Waals surface area (Å²) in [6.07, 6.45) is 0. The van der Waals surface area contributed by atoms with Gasteiger partial charge in [-0.3, -0.25) is 0 Å². The lowest BCUT2D eigenvalue weighted by atomic mass is 10.3. The average molecular weight is 270 g/mol. The molecular formula is C8H4ClN5S2. The molecule has 16 heavy (non-hydrogen) atoms. The van der Waals surface area contributed by atoms with Gasteiger partial charge in [-0.05, 0) is 34.3 Å². The molecule has 0 bridgehead atoms. The Kier molecular flexibility index (Phi) is 2.50. The third kappa shape index (κ3) is 1.77. The van der Waals surface area contributed by atoms with Crippen LogP contribution in [0.4, 0.5) is 0 Å². The van der Waals surface area contributed by atoms with Gasteiger partial charge in [0.1, 0.15) is 5.52 Å². The summed E-state index contributed by atoms with van der Waals surface area (Å²) >= 11 is 8.99. The number of tetrazole rings is 1. The number of halogens is 1. The van der Waals surface area contributed by atoms with Gasteiger partial charge >= 0.3 is 0 Å². The lowest BCUT2D eigenvalue weighted by Gasteiger charge is -1.88. The highest BCUT2D eigenvalue weighted by atomic mass is 35.5. The van der Waals surface area contributed by atoms with Gasteiger partial charge in [-0.1, -0.05) is 17.7 Å². The molecule has 2 aromatic heterocycles. The highest BCUT2D eigenvalue weighted by Crippen LogP contribution is 2.34. The van der Waals surface area contributed by atoms with Crippen molar-refractivity contribution in [1.82, 2.24) is 25.6 Å². The van der Waals surface area contributed by atoms with E-state index in [-0.39, 0.29) is 0 Å². The summed E-state index contributed by atoms with van der Waals surface area (Å²) in [7, 11) is 0. The summed E-state index contributed by atoms with van der Waals surface area (Å²) in [5.74, 6) is 0. The Morgan fingerprint density at radius 1 is 1.38 bits per heavy atom. The minimum Gasteiger partial charge on any atom is -0.233 e. The van der Waals surface area contributed by atoms with Crippen LogP contribution in [0.3, 0.4) is 0 Å². The van der Waals surface area contributed by atoms with E-state index in [2.05, 4.69) is 25.6 Å². The Morgan fingerprint density at radius 2 is 2.31 bits per heavy atom. The van der Waals surface area contributed by atoms with Crippen LogP contribution in [0.2, 0.25) is 5.02 Å². The van der Waals surface area contributed by atoms with Crippen molar-refractivity contribution in [2.75, 3.05) is 0 Å².